The van der Waals surface area contributed by atoms with Crippen molar-refractivity contribution < 1.29 is 20.4 Å². The van der Waals surface area contributed by atoms with E-state index in [4.69, 9.17) is 0 Å². The van der Waals surface area contributed by atoms with E-state index in [1.54, 1.807) is 42.5 Å². The van der Waals surface area contributed by atoms with E-state index in [1.165, 1.54) is 5.56 Å². The summed E-state index contributed by atoms with van der Waals surface area (Å²) in [6, 6.07) is 49.2. The van der Waals surface area contributed by atoms with Gasteiger partial charge in [0.2, 0.25) is 0 Å². The van der Waals surface area contributed by atoms with Crippen molar-refractivity contribution in [2.45, 2.75) is 18.3 Å². The largest absolute Gasteiger partial charge is 0.508 e. The topological polar surface area (TPSA) is 80.9 Å². The average Bonchev–Trinajstić information content (AvgIpc) is 3.04. The zero-order valence-corrected chi connectivity index (χ0v) is 23.7. The van der Waals surface area contributed by atoms with E-state index in [9.17, 15) is 20.4 Å². The third-order valence-corrected chi connectivity index (χ3v) is 7.52. The Labute approximate surface area is 252 Å². The minimum Gasteiger partial charge on any atom is -0.508 e. The lowest BCUT2D eigenvalue weighted by Gasteiger charge is -2.30. The fourth-order valence-corrected chi connectivity index (χ4v) is 5.42. The first-order valence-corrected chi connectivity index (χ1v) is 14.2. The van der Waals surface area contributed by atoms with Crippen LogP contribution in [-0.4, -0.2) is 20.4 Å². The molecule has 0 spiro atoms. The molecule has 4 heteroatoms. The van der Waals surface area contributed by atoms with Gasteiger partial charge in [-0.15, -0.1) is 0 Å². The summed E-state index contributed by atoms with van der Waals surface area (Å²) in [5, 5.41) is 40.8. The van der Waals surface area contributed by atoms with Gasteiger partial charge in [-0.05, 0) is 52.6 Å². The molecule has 0 radical (unpaired) electrons. The predicted molar refractivity (Wildman–Crippen MR) is 172 cm³/mol. The number of phenolic OH excluding ortho intramolecular Hbond substituents is 4. The highest BCUT2D eigenvalue weighted by molar-refractivity contribution is 5.52. The molecule has 0 aromatic heterocycles. The van der Waals surface area contributed by atoms with Crippen molar-refractivity contribution >= 4 is 0 Å². The van der Waals surface area contributed by atoms with Crippen molar-refractivity contribution in [2.24, 2.45) is 0 Å². The van der Waals surface area contributed by atoms with Crippen molar-refractivity contribution in [1.82, 2.24) is 0 Å². The number of rotatable bonds is 7. The number of hydrogen-bond donors (Lipinski definition) is 4. The third kappa shape index (κ3) is 7.24. The summed E-state index contributed by atoms with van der Waals surface area (Å²) in [6.07, 6.45) is 0.785. The number of para-hydroxylation sites is 3. The molecule has 2 atom stereocenters. The second kappa shape index (κ2) is 13.9. The van der Waals surface area contributed by atoms with Crippen LogP contribution in [0.2, 0.25) is 0 Å². The zero-order chi connectivity index (χ0) is 30.0. The molecule has 6 aromatic carbocycles. The highest BCUT2D eigenvalue weighted by Crippen LogP contribution is 2.47. The summed E-state index contributed by atoms with van der Waals surface area (Å²) in [5.74, 6) is 0.449. The van der Waals surface area contributed by atoms with Gasteiger partial charge in [0.15, 0.2) is 0 Å². The monoisotopic (exact) mass is 566 g/mol. The van der Waals surface area contributed by atoms with Gasteiger partial charge in [-0.1, -0.05) is 127 Å². The molecule has 4 nitrogen and oxygen atoms in total. The van der Waals surface area contributed by atoms with Gasteiger partial charge in [0.1, 0.15) is 23.0 Å². The molecule has 0 aliphatic rings. The van der Waals surface area contributed by atoms with Crippen LogP contribution in [-0.2, 0) is 6.42 Å². The maximum atomic E-state index is 10.7. The Hall–Kier alpha value is -5.48. The molecule has 0 saturated carbocycles. The molecule has 6 rings (SSSR count). The van der Waals surface area contributed by atoms with E-state index < -0.39 is 0 Å². The van der Waals surface area contributed by atoms with Crippen LogP contribution in [0, 0.1) is 0 Å². The van der Waals surface area contributed by atoms with Crippen molar-refractivity contribution in [3.63, 3.8) is 0 Å². The molecule has 214 valence electrons. The SMILES string of the molecule is Oc1ccc(C(c2ccccc2O)C(c2ccccc2)c2ccccc2O)cc1.Oc1ccccc1Cc1ccccc1. The van der Waals surface area contributed by atoms with E-state index in [0.29, 0.717) is 5.75 Å². The molecular formula is C39H34O4. The van der Waals surface area contributed by atoms with Gasteiger partial charge in [-0.2, -0.15) is 0 Å². The maximum Gasteiger partial charge on any atom is 0.119 e. The Morgan fingerprint density at radius 1 is 0.372 bits per heavy atom. The van der Waals surface area contributed by atoms with Crippen LogP contribution in [0.3, 0.4) is 0 Å². The second-order valence-corrected chi connectivity index (χ2v) is 10.4. The molecule has 2 unspecified atom stereocenters. The molecule has 0 heterocycles. The van der Waals surface area contributed by atoms with Crippen LogP contribution < -0.4 is 0 Å². The van der Waals surface area contributed by atoms with E-state index in [-0.39, 0.29) is 29.1 Å². The highest BCUT2D eigenvalue weighted by atomic mass is 16.3. The maximum absolute atomic E-state index is 10.7. The lowest BCUT2D eigenvalue weighted by Crippen LogP contribution is -2.15. The molecule has 43 heavy (non-hydrogen) atoms. The fraction of sp³-hybridized carbons (Fsp3) is 0.0769. The number of phenols is 4. The van der Waals surface area contributed by atoms with Crippen molar-refractivity contribution in [2.75, 3.05) is 0 Å². The second-order valence-electron chi connectivity index (χ2n) is 10.4. The summed E-state index contributed by atoms with van der Waals surface area (Å²) < 4.78 is 0. The van der Waals surface area contributed by atoms with Crippen LogP contribution in [0.4, 0.5) is 0 Å². The first-order chi connectivity index (χ1) is 21.0. The lowest BCUT2D eigenvalue weighted by molar-refractivity contribution is 0.451. The van der Waals surface area contributed by atoms with Crippen molar-refractivity contribution in [3.05, 3.63) is 191 Å². The van der Waals surface area contributed by atoms with E-state index in [1.807, 2.05) is 103 Å². The molecule has 0 aliphatic heterocycles. The smallest absolute Gasteiger partial charge is 0.119 e. The molecular weight excluding hydrogens is 532 g/mol. The number of hydrogen-bond acceptors (Lipinski definition) is 4. The molecule has 0 amide bonds. The summed E-state index contributed by atoms with van der Waals surface area (Å²) in [6.45, 7) is 0. The van der Waals surface area contributed by atoms with Gasteiger partial charge in [0.05, 0.1) is 0 Å². The van der Waals surface area contributed by atoms with Crippen LogP contribution in [0.15, 0.2) is 158 Å². The summed E-state index contributed by atoms with van der Waals surface area (Å²) in [7, 11) is 0. The van der Waals surface area contributed by atoms with E-state index in [2.05, 4.69) is 12.1 Å². The van der Waals surface area contributed by atoms with Crippen LogP contribution in [0.5, 0.6) is 23.0 Å². The first-order valence-electron chi connectivity index (χ1n) is 14.2. The zero-order valence-electron chi connectivity index (χ0n) is 23.7. The Morgan fingerprint density at radius 3 is 1.30 bits per heavy atom. The third-order valence-electron chi connectivity index (χ3n) is 7.52. The van der Waals surface area contributed by atoms with E-state index >= 15 is 0 Å². The highest BCUT2D eigenvalue weighted by Gasteiger charge is 2.31. The summed E-state index contributed by atoms with van der Waals surface area (Å²) in [4.78, 5) is 0. The van der Waals surface area contributed by atoms with Crippen LogP contribution >= 0.6 is 0 Å². The Kier molecular flexibility index (Phi) is 9.40. The fourth-order valence-electron chi connectivity index (χ4n) is 5.42. The minimum absolute atomic E-state index is 0.184. The van der Waals surface area contributed by atoms with Gasteiger partial charge in [-0.25, -0.2) is 0 Å². The predicted octanol–water partition coefficient (Wildman–Crippen LogP) is 8.75. The Morgan fingerprint density at radius 2 is 0.791 bits per heavy atom. The van der Waals surface area contributed by atoms with Crippen LogP contribution in [0.25, 0.3) is 0 Å². The average molecular weight is 567 g/mol. The van der Waals surface area contributed by atoms with E-state index in [0.717, 1.165) is 34.2 Å². The lowest BCUT2D eigenvalue weighted by atomic mass is 9.73. The van der Waals surface area contributed by atoms with Gasteiger partial charge >= 0.3 is 0 Å². The number of benzene rings is 6. The van der Waals surface area contributed by atoms with Crippen molar-refractivity contribution in [3.8, 4) is 23.0 Å². The van der Waals surface area contributed by atoms with Crippen molar-refractivity contribution in [1.29, 1.82) is 0 Å². The Balaban J connectivity index is 0.000000220. The molecule has 0 bridgehead atoms. The normalized spacial score (nSPS) is 12.0. The Bertz CT molecular complexity index is 1730. The van der Waals surface area contributed by atoms with Gasteiger partial charge < -0.3 is 20.4 Å². The summed E-state index contributed by atoms with van der Waals surface area (Å²) in [5.41, 5.74) is 5.68. The summed E-state index contributed by atoms with van der Waals surface area (Å²) >= 11 is 0. The molecule has 4 N–H and O–H groups in total. The standard InChI is InChI=1S/C26H22O3.C13H12O/c27-20-16-14-19(15-17-20)26(22-11-5-7-13-24(22)29)25(18-8-2-1-3-9-18)21-10-4-6-12-23(21)28;14-13-9-5-4-8-12(13)10-11-6-2-1-3-7-11/h1-17,25-29H;1-9,14H,10H2. The van der Waals surface area contributed by atoms with Gasteiger partial charge in [0.25, 0.3) is 0 Å². The molecule has 0 saturated heterocycles. The molecule has 0 aliphatic carbocycles. The number of aromatic hydroxyl groups is 4. The van der Waals surface area contributed by atoms with Gasteiger partial charge in [0, 0.05) is 29.4 Å². The molecule has 6 aromatic rings. The van der Waals surface area contributed by atoms with Crippen LogP contribution in [0.1, 0.15) is 45.2 Å². The van der Waals surface area contributed by atoms with Gasteiger partial charge in [-0.3, -0.25) is 0 Å². The minimum atomic E-state index is -0.271. The first kappa shape index (κ1) is 29.0. The quantitative estimate of drug-likeness (QED) is 0.156. The molecule has 0 fully saturated rings.